The van der Waals surface area contributed by atoms with Crippen molar-refractivity contribution in [2.75, 3.05) is 53.6 Å². The van der Waals surface area contributed by atoms with E-state index in [4.69, 9.17) is 9.47 Å². The van der Waals surface area contributed by atoms with Gasteiger partial charge in [-0.05, 0) is 42.9 Å². The van der Waals surface area contributed by atoms with Crippen molar-refractivity contribution in [3.8, 4) is 5.75 Å². The summed E-state index contributed by atoms with van der Waals surface area (Å²) in [5.74, 6) is 2.38. The first kappa shape index (κ1) is 26.0. The minimum Gasteiger partial charge on any atom is -0.493 e. The molecule has 0 atom stereocenters. The summed E-state index contributed by atoms with van der Waals surface area (Å²) >= 11 is 0. The Morgan fingerprint density at radius 2 is 1.90 bits per heavy atom. The molecule has 1 aromatic carbocycles. The van der Waals surface area contributed by atoms with Gasteiger partial charge in [0.1, 0.15) is 5.75 Å². The summed E-state index contributed by atoms with van der Waals surface area (Å²) in [6, 6.07) is 8.89. The van der Waals surface area contributed by atoms with Crippen LogP contribution in [0.1, 0.15) is 32.3 Å². The van der Waals surface area contributed by atoms with E-state index in [0.717, 1.165) is 70.4 Å². The number of rotatable bonds is 10. The lowest BCUT2D eigenvalue weighted by atomic mass is 10.1. The molecule has 7 heteroatoms. The average molecular weight is 518 g/mol. The summed E-state index contributed by atoms with van der Waals surface area (Å²) in [6.45, 7) is 10.0. The molecule has 0 unspecified atom stereocenters. The first-order valence-electron chi connectivity index (χ1n) is 10.5. The highest BCUT2D eigenvalue weighted by molar-refractivity contribution is 14.0. The first-order valence-corrected chi connectivity index (χ1v) is 10.5. The lowest BCUT2D eigenvalue weighted by Gasteiger charge is -2.32. The van der Waals surface area contributed by atoms with Crippen LogP contribution in [0.25, 0.3) is 0 Å². The van der Waals surface area contributed by atoms with Gasteiger partial charge in [0.2, 0.25) is 0 Å². The van der Waals surface area contributed by atoms with Gasteiger partial charge in [-0.3, -0.25) is 4.99 Å². The number of hydrogen-bond acceptors (Lipinski definition) is 4. The Morgan fingerprint density at radius 3 is 2.48 bits per heavy atom. The number of nitrogens with zero attached hydrogens (tertiary/aromatic N) is 2. The summed E-state index contributed by atoms with van der Waals surface area (Å²) in [5, 5.41) is 7.01. The predicted molar refractivity (Wildman–Crippen MR) is 132 cm³/mol. The quantitative estimate of drug-likeness (QED) is 0.283. The highest BCUT2D eigenvalue weighted by Crippen LogP contribution is 2.13. The Hall–Kier alpha value is -1.06. The van der Waals surface area contributed by atoms with E-state index in [1.165, 1.54) is 5.56 Å². The topological polar surface area (TPSA) is 58.1 Å². The van der Waals surface area contributed by atoms with Gasteiger partial charge in [0.25, 0.3) is 0 Å². The minimum atomic E-state index is 0. The van der Waals surface area contributed by atoms with Crippen molar-refractivity contribution >= 4 is 29.9 Å². The zero-order valence-electron chi connectivity index (χ0n) is 18.4. The summed E-state index contributed by atoms with van der Waals surface area (Å²) in [4.78, 5) is 6.84. The summed E-state index contributed by atoms with van der Waals surface area (Å²) in [6.07, 6.45) is 3.24. The molecule has 1 heterocycles. The highest BCUT2D eigenvalue weighted by atomic mass is 127. The molecule has 1 aromatic rings. The number of methoxy groups -OCH3 is 1. The summed E-state index contributed by atoms with van der Waals surface area (Å²) < 4.78 is 10.9. The van der Waals surface area contributed by atoms with Gasteiger partial charge < -0.3 is 25.0 Å². The van der Waals surface area contributed by atoms with E-state index < -0.39 is 0 Å². The fraction of sp³-hybridized carbons (Fsp3) is 0.682. The average Bonchev–Trinajstić information content (AvgIpc) is 2.71. The molecule has 0 amide bonds. The lowest BCUT2D eigenvalue weighted by Crippen LogP contribution is -2.49. The van der Waals surface area contributed by atoms with Crippen LogP contribution in [0.2, 0.25) is 0 Å². The predicted octanol–water partition coefficient (Wildman–Crippen LogP) is 3.16. The van der Waals surface area contributed by atoms with Crippen LogP contribution in [0.3, 0.4) is 0 Å². The number of benzene rings is 1. The zero-order chi connectivity index (χ0) is 20.2. The maximum atomic E-state index is 5.74. The summed E-state index contributed by atoms with van der Waals surface area (Å²) in [7, 11) is 3.60. The molecule has 0 radical (unpaired) electrons. The van der Waals surface area contributed by atoms with Crippen molar-refractivity contribution in [2.45, 2.75) is 39.2 Å². The molecule has 29 heavy (non-hydrogen) atoms. The van der Waals surface area contributed by atoms with Crippen molar-refractivity contribution in [1.29, 1.82) is 0 Å². The fourth-order valence-corrected chi connectivity index (χ4v) is 3.25. The van der Waals surface area contributed by atoms with Crippen molar-refractivity contribution in [3.05, 3.63) is 29.8 Å². The third-order valence-electron chi connectivity index (χ3n) is 4.98. The molecule has 2 rings (SSSR count). The van der Waals surface area contributed by atoms with Crippen LogP contribution in [-0.2, 0) is 11.2 Å². The second kappa shape index (κ2) is 14.8. The number of nitrogens with one attached hydrogen (secondary N) is 2. The second-order valence-corrected chi connectivity index (χ2v) is 7.85. The largest absolute Gasteiger partial charge is 0.493 e. The third-order valence-corrected chi connectivity index (χ3v) is 4.98. The van der Waals surface area contributed by atoms with Gasteiger partial charge in [0, 0.05) is 46.4 Å². The molecule has 0 bridgehead atoms. The minimum absolute atomic E-state index is 0. The molecule has 0 saturated carbocycles. The molecule has 1 saturated heterocycles. The molecular weight excluding hydrogens is 479 g/mol. The Bertz CT molecular complexity index is 573. The van der Waals surface area contributed by atoms with Crippen LogP contribution in [0.5, 0.6) is 5.75 Å². The molecule has 166 valence electrons. The number of halogens is 1. The van der Waals surface area contributed by atoms with E-state index in [9.17, 15) is 0 Å². The maximum absolute atomic E-state index is 5.74. The van der Waals surface area contributed by atoms with Crippen LogP contribution in [0, 0.1) is 5.92 Å². The number of aliphatic imine (C=N–C) groups is 1. The fourth-order valence-electron chi connectivity index (χ4n) is 3.25. The van der Waals surface area contributed by atoms with Crippen LogP contribution in [0.4, 0.5) is 0 Å². The van der Waals surface area contributed by atoms with Gasteiger partial charge in [0.05, 0.1) is 13.2 Å². The van der Waals surface area contributed by atoms with Gasteiger partial charge in [-0.15, -0.1) is 24.0 Å². The molecule has 1 aliphatic heterocycles. The molecule has 0 spiro atoms. The Kier molecular flexibility index (Phi) is 13.3. The van der Waals surface area contributed by atoms with E-state index in [1.54, 1.807) is 7.11 Å². The monoisotopic (exact) mass is 518 g/mol. The van der Waals surface area contributed by atoms with Crippen LogP contribution >= 0.6 is 24.0 Å². The van der Waals surface area contributed by atoms with Crippen molar-refractivity contribution in [3.63, 3.8) is 0 Å². The van der Waals surface area contributed by atoms with Crippen molar-refractivity contribution < 1.29 is 9.47 Å². The van der Waals surface area contributed by atoms with Crippen LogP contribution < -0.4 is 15.4 Å². The van der Waals surface area contributed by atoms with E-state index in [0.29, 0.717) is 12.0 Å². The van der Waals surface area contributed by atoms with Crippen molar-refractivity contribution in [2.24, 2.45) is 10.9 Å². The highest BCUT2D eigenvalue weighted by Gasteiger charge is 2.19. The van der Waals surface area contributed by atoms with E-state index >= 15 is 0 Å². The number of guanidine groups is 1. The van der Waals surface area contributed by atoms with Gasteiger partial charge in [-0.2, -0.15) is 0 Å². The number of likely N-dealkylation sites (tertiary alicyclic amines) is 1. The lowest BCUT2D eigenvalue weighted by molar-refractivity contribution is 0.128. The molecule has 1 fully saturated rings. The molecule has 0 aromatic heterocycles. The second-order valence-electron chi connectivity index (χ2n) is 7.85. The smallest absolute Gasteiger partial charge is 0.191 e. The van der Waals surface area contributed by atoms with Crippen LogP contribution in [0.15, 0.2) is 29.3 Å². The number of piperidine rings is 1. The normalized spacial score (nSPS) is 15.8. The molecule has 2 N–H and O–H groups in total. The Labute approximate surface area is 193 Å². The van der Waals surface area contributed by atoms with E-state index in [2.05, 4.69) is 58.6 Å². The Morgan fingerprint density at radius 1 is 1.21 bits per heavy atom. The Balaban J connectivity index is 0.00000420. The van der Waals surface area contributed by atoms with E-state index in [1.807, 2.05) is 7.05 Å². The number of ether oxygens (including phenoxy) is 2. The van der Waals surface area contributed by atoms with E-state index in [-0.39, 0.29) is 24.0 Å². The molecular formula is C22H39IN4O2. The first-order chi connectivity index (χ1) is 13.6. The van der Waals surface area contributed by atoms with Gasteiger partial charge >= 0.3 is 0 Å². The molecule has 6 nitrogen and oxygen atoms in total. The van der Waals surface area contributed by atoms with Gasteiger partial charge in [-0.1, -0.05) is 26.0 Å². The van der Waals surface area contributed by atoms with Gasteiger partial charge in [-0.25, -0.2) is 0 Å². The third kappa shape index (κ3) is 10.5. The summed E-state index contributed by atoms with van der Waals surface area (Å²) in [5.41, 5.74) is 1.30. The zero-order valence-corrected chi connectivity index (χ0v) is 20.8. The number of hydrogen-bond donors (Lipinski definition) is 2. The van der Waals surface area contributed by atoms with Gasteiger partial charge in [0.15, 0.2) is 5.96 Å². The van der Waals surface area contributed by atoms with Crippen LogP contribution in [-0.4, -0.2) is 70.5 Å². The van der Waals surface area contributed by atoms with Crippen molar-refractivity contribution in [1.82, 2.24) is 15.5 Å². The molecule has 0 aliphatic carbocycles. The molecule has 1 aliphatic rings. The SMILES string of the molecule is CN=C(NCCc1ccc(OCC(C)C)cc1)NC1CCN(CCOC)CC1.I. The standard InChI is InChI=1S/C22H38N4O2.HI/c1-18(2)17-28-21-7-5-19(6-8-21)9-12-24-22(23-3)25-20-10-13-26(14-11-20)15-16-27-4;/h5-8,18,20H,9-17H2,1-4H3,(H2,23,24,25);1H. The maximum Gasteiger partial charge on any atom is 0.191 e.